The van der Waals surface area contributed by atoms with E-state index in [1.807, 2.05) is 36.5 Å². The highest BCUT2D eigenvalue weighted by Crippen LogP contribution is 2.23. The molecular formula is C20H14N6O2S. The lowest BCUT2D eigenvalue weighted by Gasteiger charge is -2.03. The summed E-state index contributed by atoms with van der Waals surface area (Å²) in [4.78, 5) is 18.1. The van der Waals surface area contributed by atoms with Crippen LogP contribution in [0.1, 0.15) is 0 Å². The van der Waals surface area contributed by atoms with Crippen LogP contribution in [0.15, 0.2) is 75.0 Å². The maximum atomic E-state index is 12.5. The van der Waals surface area contributed by atoms with Crippen LogP contribution in [0, 0.1) is 11.5 Å². The number of aromatic nitrogens is 3. The minimum atomic E-state index is -0.561. The van der Waals surface area contributed by atoms with Gasteiger partial charge in [-0.05, 0) is 24.5 Å². The molecule has 0 aliphatic carbocycles. The molecular weight excluding hydrogens is 388 g/mol. The van der Waals surface area contributed by atoms with Gasteiger partial charge in [-0.2, -0.15) is 10.4 Å². The Morgan fingerprint density at radius 2 is 2.07 bits per heavy atom. The van der Waals surface area contributed by atoms with Gasteiger partial charge in [-0.1, -0.05) is 42.1 Å². The van der Waals surface area contributed by atoms with E-state index in [0.717, 1.165) is 5.56 Å². The molecule has 0 saturated carbocycles. The van der Waals surface area contributed by atoms with E-state index in [1.54, 1.807) is 36.7 Å². The molecule has 0 saturated heterocycles. The van der Waals surface area contributed by atoms with Gasteiger partial charge >= 0.3 is 5.63 Å². The van der Waals surface area contributed by atoms with Gasteiger partial charge in [0.25, 0.3) is 0 Å². The molecule has 0 spiro atoms. The van der Waals surface area contributed by atoms with Crippen LogP contribution in [0.5, 0.6) is 0 Å². The molecule has 0 aliphatic heterocycles. The molecule has 0 unspecified atom stereocenters. The number of thioether (sulfide) groups is 1. The van der Waals surface area contributed by atoms with Crippen molar-refractivity contribution in [2.24, 2.45) is 4.99 Å². The standard InChI is InChI=1S/C20H14N6O2S/c1-29-20(22-12-21)24-15-8-7-14-9-17(19(27)28-18(14)10-15)26-23-11-16(25-26)13-5-3-2-4-6-13/h2-11H,1H3,(H,22,24). The highest BCUT2D eigenvalue weighted by atomic mass is 32.2. The van der Waals surface area contributed by atoms with Crippen molar-refractivity contribution >= 4 is 33.6 Å². The largest absolute Gasteiger partial charge is 0.421 e. The van der Waals surface area contributed by atoms with Gasteiger partial charge in [0.05, 0.1) is 11.9 Å². The van der Waals surface area contributed by atoms with Crippen molar-refractivity contribution in [3.63, 3.8) is 0 Å². The van der Waals surface area contributed by atoms with Crippen molar-refractivity contribution in [1.29, 1.82) is 5.26 Å². The van der Waals surface area contributed by atoms with Crippen LogP contribution >= 0.6 is 11.8 Å². The average molecular weight is 402 g/mol. The number of rotatable bonds is 3. The minimum absolute atomic E-state index is 0.215. The lowest BCUT2D eigenvalue weighted by atomic mass is 10.2. The zero-order valence-electron chi connectivity index (χ0n) is 15.2. The first kappa shape index (κ1) is 18.5. The number of hydrogen-bond donors (Lipinski definition) is 1. The second-order valence-electron chi connectivity index (χ2n) is 5.88. The highest BCUT2D eigenvalue weighted by Gasteiger charge is 2.12. The summed E-state index contributed by atoms with van der Waals surface area (Å²) in [6, 6.07) is 16.4. The normalized spacial score (nSPS) is 11.4. The third kappa shape index (κ3) is 3.88. The predicted octanol–water partition coefficient (Wildman–Crippen LogP) is 3.46. The number of benzene rings is 2. The van der Waals surface area contributed by atoms with Crippen LogP contribution < -0.4 is 10.9 Å². The van der Waals surface area contributed by atoms with E-state index in [9.17, 15) is 4.79 Å². The fourth-order valence-corrected chi connectivity index (χ4v) is 3.05. The average Bonchev–Trinajstić information content (AvgIpc) is 3.23. The van der Waals surface area contributed by atoms with Gasteiger partial charge in [0, 0.05) is 17.0 Å². The smallest absolute Gasteiger partial charge is 0.364 e. The van der Waals surface area contributed by atoms with E-state index in [-0.39, 0.29) is 5.69 Å². The second kappa shape index (κ2) is 8.00. The van der Waals surface area contributed by atoms with E-state index in [0.29, 0.717) is 27.5 Å². The Balaban J connectivity index is 1.72. The Bertz CT molecular complexity index is 1300. The summed E-state index contributed by atoms with van der Waals surface area (Å²) in [5, 5.41) is 21.0. The molecule has 8 nitrogen and oxygen atoms in total. The predicted molar refractivity (Wildman–Crippen MR) is 112 cm³/mol. The fourth-order valence-electron chi connectivity index (χ4n) is 2.71. The number of aliphatic imine (C=N–C) groups is 1. The fraction of sp³-hybridized carbons (Fsp3) is 0.0500. The van der Waals surface area contributed by atoms with Gasteiger partial charge in [-0.25, -0.2) is 9.79 Å². The quantitative estimate of drug-likeness (QED) is 0.184. The van der Waals surface area contributed by atoms with Crippen molar-refractivity contribution in [3.8, 4) is 23.1 Å². The molecule has 9 heteroatoms. The summed E-state index contributed by atoms with van der Waals surface area (Å²) in [5.41, 5.74) is 2.16. The molecule has 0 radical (unpaired) electrons. The molecule has 2 aromatic carbocycles. The Hall–Kier alpha value is -3.90. The van der Waals surface area contributed by atoms with Crippen LogP contribution in [0.2, 0.25) is 0 Å². The Morgan fingerprint density at radius 3 is 2.83 bits per heavy atom. The highest BCUT2D eigenvalue weighted by molar-refractivity contribution is 8.13. The van der Waals surface area contributed by atoms with Crippen LogP contribution in [-0.4, -0.2) is 26.4 Å². The van der Waals surface area contributed by atoms with Gasteiger partial charge in [-0.3, -0.25) is 5.32 Å². The Morgan fingerprint density at radius 1 is 1.24 bits per heavy atom. The molecule has 0 atom stereocenters. The molecule has 0 amide bonds. The second-order valence-corrected chi connectivity index (χ2v) is 6.68. The van der Waals surface area contributed by atoms with E-state index in [4.69, 9.17) is 9.68 Å². The molecule has 0 bridgehead atoms. The summed E-state index contributed by atoms with van der Waals surface area (Å²) in [7, 11) is 0. The van der Waals surface area contributed by atoms with Crippen LogP contribution in [0.4, 0.5) is 5.69 Å². The number of amidine groups is 1. The van der Waals surface area contributed by atoms with Crippen molar-refractivity contribution in [3.05, 3.63) is 71.2 Å². The van der Waals surface area contributed by atoms with Gasteiger partial charge in [-0.15, -0.1) is 9.90 Å². The lowest BCUT2D eigenvalue weighted by Crippen LogP contribution is -2.13. The van der Waals surface area contributed by atoms with Gasteiger partial charge in [0.1, 0.15) is 11.3 Å². The number of nitrogens with one attached hydrogen (secondary N) is 1. The van der Waals surface area contributed by atoms with Crippen molar-refractivity contribution in [1.82, 2.24) is 20.3 Å². The van der Waals surface area contributed by atoms with E-state index >= 15 is 0 Å². The third-order valence-corrected chi connectivity index (χ3v) is 4.64. The third-order valence-electron chi connectivity index (χ3n) is 4.06. The molecule has 142 valence electrons. The van der Waals surface area contributed by atoms with Crippen LogP contribution in [0.25, 0.3) is 27.9 Å². The lowest BCUT2D eigenvalue weighted by molar-refractivity contribution is 0.546. The molecule has 0 fully saturated rings. The van der Waals surface area contributed by atoms with Crippen LogP contribution in [-0.2, 0) is 0 Å². The number of fused-ring (bicyclic) bond motifs is 1. The van der Waals surface area contributed by atoms with Gasteiger partial charge in [0.2, 0.25) is 0 Å². The summed E-state index contributed by atoms with van der Waals surface area (Å²) >= 11 is 1.30. The molecule has 29 heavy (non-hydrogen) atoms. The topological polar surface area (TPSA) is 109 Å². The zero-order valence-corrected chi connectivity index (χ0v) is 16.1. The molecule has 2 aromatic heterocycles. The maximum absolute atomic E-state index is 12.5. The Labute approximate surface area is 169 Å². The van der Waals surface area contributed by atoms with Crippen molar-refractivity contribution < 1.29 is 4.42 Å². The van der Waals surface area contributed by atoms with Crippen LogP contribution in [0.3, 0.4) is 0 Å². The summed E-state index contributed by atoms with van der Waals surface area (Å²) < 4.78 is 5.46. The van der Waals surface area contributed by atoms with E-state index in [2.05, 4.69) is 20.5 Å². The monoisotopic (exact) mass is 402 g/mol. The summed E-state index contributed by atoms with van der Waals surface area (Å²) in [5.74, 6) is 0. The Kier molecular flexibility index (Phi) is 5.09. The number of hydrogen-bond acceptors (Lipinski definition) is 7. The zero-order chi connectivity index (χ0) is 20.2. The van der Waals surface area contributed by atoms with E-state index < -0.39 is 5.63 Å². The van der Waals surface area contributed by atoms with Gasteiger partial charge in [0.15, 0.2) is 17.0 Å². The number of nitriles is 1. The summed E-state index contributed by atoms with van der Waals surface area (Å²) in [6.45, 7) is 0. The molecule has 2 heterocycles. The first-order chi connectivity index (χ1) is 14.2. The van der Waals surface area contributed by atoms with Crippen molar-refractivity contribution in [2.75, 3.05) is 6.26 Å². The van der Waals surface area contributed by atoms with E-state index in [1.165, 1.54) is 16.6 Å². The minimum Gasteiger partial charge on any atom is -0.421 e. The summed E-state index contributed by atoms with van der Waals surface area (Å²) in [6.07, 6.45) is 5.24. The molecule has 0 aliphatic rings. The number of nitrogens with zero attached hydrogens (tertiary/aromatic N) is 5. The molecule has 4 aromatic rings. The SMILES string of the molecule is CSC(=Nc1ccc2cc(-n3ncc(-c4ccccc4)n3)c(=O)oc2c1)NC#N. The maximum Gasteiger partial charge on any atom is 0.364 e. The van der Waals surface area contributed by atoms with Gasteiger partial charge < -0.3 is 4.42 Å². The first-order valence-electron chi connectivity index (χ1n) is 8.52. The molecule has 1 N–H and O–H groups in total. The van der Waals surface area contributed by atoms with Crippen molar-refractivity contribution in [2.45, 2.75) is 0 Å². The first-order valence-corrected chi connectivity index (χ1v) is 9.74. The molecule has 4 rings (SSSR count).